The highest BCUT2D eigenvalue weighted by molar-refractivity contribution is 4.90. The number of hydrogen-bond acceptors (Lipinski definition) is 3. The van der Waals surface area contributed by atoms with Gasteiger partial charge in [-0.3, -0.25) is 5.84 Å². The molecule has 2 unspecified atom stereocenters. The average molecular weight is 199 g/mol. The normalized spacial score (nSPS) is 36.9. The van der Waals surface area contributed by atoms with E-state index in [0.29, 0.717) is 11.3 Å². The van der Waals surface area contributed by atoms with Crippen LogP contribution >= 0.6 is 0 Å². The highest BCUT2D eigenvalue weighted by atomic mass is 15.4. The molecule has 0 bridgehead atoms. The molecule has 1 aliphatic heterocycles. The first-order valence-electron chi connectivity index (χ1n) is 5.49. The van der Waals surface area contributed by atoms with Gasteiger partial charge >= 0.3 is 0 Å². The van der Waals surface area contributed by atoms with Crippen LogP contribution in [0.3, 0.4) is 0 Å². The summed E-state index contributed by atoms with van der Waals surface area (Å²) < 4.78 is 0. The van der Waals surface area contributed by atoms with Crippen molar-refractivity contribution in [2.45, 2.75) is 46.1 Å². The van der Waals surface area contributed by atoms with Crippen LogP contribution in [0.25, 0.3) is 0 Å². The monoisotopic (exact) mass is 199 g/mol. The lowest BCUT2D eigenvalue weighted by Gasteiger charge is -2.35. The van der Waals surface area contributed by atoms with Crippen LogP contribution in [0, 0.1) is 11.3 Å². The zero-order valence-electron chi connectivity index (χ0n) is 10.0. The lowest BCUT2D eigenvalue weighted by Crippen LogP contribution is -2.40. The third-order valence-corrected chi connectivity index (χ3v) is 3.36. The largest absolute Gasteiger partial charge is 0.325 e. The van der Waals surface area contributed by atoms with E-state index in [1.54, 1.807) is 0 Å². The quantitative estimate of drug-likeness (QED) is 0.579. The van der Waals surface area contributed by atoms with E-state index >= 15 is 0 Å². The van der Waals surface area contributed by atoms with Crippen LogP contribution in [0.5, 0.6) is 0 Å². The number of hydrogen-bond donors (Lipinski definition) is 2. The summed E-state index contributed by atoms with van der Waals surface area (Å²) in [5, 5.41) is 1.92. The molecule has 1 heterocycles. The maximum Gasteiger partial charge on any atom is 0.0162 e. The van der Waals surface area contributed by atoms with Crippen molar-refractivity contribution in [1.29, 1.82) is 0 Å². The van der Waals surface area contributed by atoms with Gasteiger partial charge in [-0.15, -0.1) is 0 Å². The molecule has 1 fully saturated rings. The molecule has 1 saturated heterocycles. The Balaban J connectivity index is 2.75. The third kappa shape index (κ3) is 3.23. The van der Waals surface area contributed by atoms with E-state index in [-0.39, 0.29) is 5.54 Å². The summed E-state index contributed by atoms with van der Waals surface area (Å²) in [7, 11) is 0. The molecule has 3 nitrogen and oxygen atoms in total. The fraction of sp³-hybridized carbons (Fsp3) is 1.00. The van der Waals surface area contributed by atoms with Crippen molar-refractivity contribution in [2.75, 3.05) is 13.1 Å². The van der Waals surface area contributed by atoms with Gasteiger partial charge in [0.05, 0.1) is 0 Å². The predicted molar refractivity (Wildman–Crippen MR) is 60.5 cm³/mol. The standard InChI is InChI=1S/C11H25N3/c1-10(2,3)9-7-11(4,12)5-6-14(13)8-9/h9H,5-8,12-13H2,1-4H3. The van der Waals surface area contributed by atoms with Gasteiger partial charge in [0.25, 0.3) is 0 Å². The van der Waals surface area contributed by atoms with E-state index < -0.39 is 0 Å². The number of rotatable bonds is 0. The van der Waals surface area contributed by atoms with Crippen molar-refractivity contribution >= 4 is 0 Å². The van der Waals surface area contributed by atoms with E-state index in [1.807, 2.05) is 5.01 Å². The fourth-order valence-electron chi connectivity index (χ4n) is 2.08. The second-order valence-electron chi connectivity index (χ2n) is 6.17. The van der Waals surface area contributed by atoms with Crippen molar-refractivity contribution in [3.63, 3.8) is 0 Å². The second kappa shape index (κ2) is 3.80. The molecule has 0 aromatic rings. The molecule has 2 atom stereocenters. The second-order valence-corrected chi connectivity index (χ2v) is 6.17. The topological polar surface area (TPSA) is 55.3 Å². The van der Waals surface area contributed by atoms with Gasteiger partial charge in [0.2, 0.25) is 0 Å². The van der Waals surface area contributed by atoms with Crippen LogP contribution in [0.15, 0.2) is 0 Å². The number of nitrogens with zero attached hydrogens (tertiary/aromatic N) is 1. The van der Waals surface area contributed by atoms with Crippen molar-refractivity contribution < 1.29 is 0 Å². The lowest BCUT2D eigenvalue weighted by atomic mass is 9.74. The van der Waals surface area contributed by atoms with Gasteiger partial charge in [-0.2, -0.15) is 0 Å². The molecule has 1 aliphatic rings. The maximum absolute atomic E-state index is 6.24. The van der Waals surface area contributed by atoms with Gasteiger partial charge in [-0.1, -0.05) is 20.8 Å². The summed E-state index contributed by atoms with van der Waals surface area (Å²) in [4.78, 5) is 0. The molecule has 0 aromatic heterocycles. The smallest absolute Gasteiger partial charge is 0.0162 e. The van der Waals surface area contributed by atoms with Gasteiger partial charge in [0.15, 0.2) is 0 Å². The molecule has 84 valence electrons. The Labute approximate surface area is 87.8 Å². The Morgan fingerprint density at radius 1 is 1.36 bits per heavy atom. The summed E-state index contributed by atoms with van der Waals surface area (Å²) in [6, 6.07) is 0. The Bertz CT molecular complexity index is 193. The predicted octanol–water partition coefficient (Wildman–Crippen LogP) is 1.34. The summed E-state index contributed by atoms with van der Waals surface area (Å²) in [6.45, 7) is 10.8. The number of nitrogens with two attached hydrogens (primary N) is 2. The van der Waals surface area contributed by atoms with Crippen LogP contribution in [0.2, 0.25) is 0 Å². The van der Waals surface area contributed by atoms with Gasteiger partial charge in [-0.05, 0) is 31.1 Å². The van der Waals surface area contributed by atoms with E-state index in [0.717, 1.165) is 25.9 Å². The molecule has 0 aliphatic carbocycles. The molecule has 0 spiro atoms. The first-order chi connectivity index (χ1) is 6.21. The van der Waals surface area contributed by atoms with E-state index in [2.05, 4.69) is 27.7 Å². The van der Waals surface area contributed by atoms with Crippen molar-refractivity contribution in [3.8, 4) is 0 Å². The highest BCUT2D eigenvalue weighted by Gasteiger charge is 2.34. The van der Waals surface area contributed by atoms with E-state index in [4.69, 9.17) is 11.6 Å². The van der Waals surface area contributed by atoms with Gasteiger partial charge in [0.1, 0.15) is 0 Å². The van der Waals surface area contributed by atoms with Gasteiger partial charge < -0.3 is 5.73 Å². The summed E-state index contributed by atoms with van der Waals surface area (Å²) in [6.07, 6.45) is 2.07. The SMILES string of the molecule is CC1(N)CCN(N)CC(C(C)(C)C)C1. The van der Waals surface area contributed by atoms with Gasteiger partial charge in [-0.25, -0.2) is 5.01 Å². The minimum atomic E-state index is -0.0495. The molecular weight excluding hydrogens is 174 g/mol. The van der Waals surface area contributed by atoms with Crippen molar-refractivity contribution in [3.05, 3.63) is 0 Å². The summed E-state index contributed by atoms with van der Waals surface area (Å²) in [5.41, 5.74) is 6.49. The minimum absolute atomic E-state index is 0.0495. The van der Waals surface area contributed by atoms with E-state index in [9.17, 15) is 0 Å². The average Bonchev–Trinajstić information content (AvgIpc) is 2.09. The molecule has 0 aromatic carbocycles. The zero-order chi connectivity index (χ0) is 11.0. The van der Waals surface area contributed by atoms with Crippen molar-refractivity contribution in [2.24, 2.45) is 22.9 Å². The Morgan fingerprint density at radius 3 is 2.43 bits per heavy atom. The molecule has 1 rings (SSSR count). The van der Waals surface area contributed by atoms with Crippen LogP contribution < -0.4 is 11.6 Å². The van der Waals surface area contributed by atoms with Crippen LogP contribution in [-0.4, -0.2) is 23.6 Å². The number of hydrazine groups is 1. The van der Waals surface area contributed by atoms with Crippen LogP contribution in [0.1, 0.15) is 40.5 Å². The Kier molecular flexibility index (Phi) is 3.24. The summed E-state index contributed by atoms with van der Waals surface area (Å²) >= 11 is 0. The van der Waals surface area contributed by atoms with Crippen molar-refractivity contribution in [1.82, 2.24) is 5.01 Å². The Hall–Kier alpha value is -0.120. The first-order valence-corrected chi connectivity index (χ1v) is 5.49. The Morgan fingerprint density at radius 2 is 1.93 bits per heavy atom. The maximum atomic E-state index is 6.24. The van der Waals surface area contributed by atoms with Crippen LogP contribution in [-0.2, 0) is 0 Å². The third-order valence-electron chi connectivity index (χ3n) is 3.36. The van der Waals surface area contributed by atoms with E-state index in [1.165, 1.54) is 0 Å². The summed E-state index contributed by atoms with van der Waals surface area (Å²) in [5.74, 6) is 6.51. The lowest BCUT2D eigenvalue weighted by molar-refractivity contribution is 0.153. The molecule has 3 heteroatoms. The first kappa shape index (κ1) is 12.0. The molecule has 0 radical (unpaired) electrons. The molecule has 0 amide bonds. The fourth-order valence-corrected chi connectivity index (χ4v) is 2.08. The highest BCUT2D eigenvalue weighted by Crippen LogP contribution is 2.35. The van der Waals surface area contributed by atoms with Gasteiger partial charge in [0, 0.05) is 18.6 Å². The molecule has 0 saturated carbocycles. The molecule has 14 heavy (non-hydrogen) atoms. The van der Waals surface area contributed by atoms with Crippen LogP contribution in [0.4, 0.5) is 0 Å². The molecular formula is C11H25N3. The zero-order valence-corrected chi connectivity index (χ0v) is 10.0. The molecule has 4 N–H and O–H groups in total. The minimum Gasteiger partial charge on any atom is -0.325 e.